The predicted molar refractivity (Wildman–Crippen MR) is 80.3 cm³/mol. The van der Waals surface area contributed by atoms with Crippen LogP contribution in [0.3, 0.4) is 0 Å². The molecule has 0 saturated carbocycles. The molecule has 3 heteroatoms. The van der Waals surface area contributed by atoms with Gasteiger partial charge in [-0.3, -0.25) is 4.98 Å². The fourth-order valence-electron chi connectivity index (χ4n) is 2.28. The number of nitrogens with one attached hydrogen (secondary N) is 1. The lowest BCUT2D eigenvalue weighted by Gasteiger charge is -2.09. The molecule has 0 spiro atoms. The van der Waals surface area contributed by atoms with Crippen molar-refractivity contribution in [3.63, 3.8) is 0 Å². The Kier molecular flexibility index (Phi) is 3.59. The van der Waals surface area contributed by atoms with Crippen LogP contribution in [0.1, 0.15) is 5.56 Å². The van der Waals surface area contributed by atoms with Gasteiger partial charge >= 0.3 is 0 Å². The maximum Gasteiger partial charge on any atom is 0.126 e. The Morgan fingerprint density at radius 1 is 0.950 bits per heavy atom. The summed E-state index contributed by atoms with van der Waals surface area (Å²) in [5.41, 5.74) is 2.73. The smallest absolute Gasteiger partial charge is 0.126 e. The van der Waals surface area contributed by atoms with E-state index in [2.05, 4.69) is 10.3 Å². The summed E-state index contributed by atoms with van der Waals surface area (Å²) in [6.45, 7) is 0.689. The molecule has 1 heterocycles. The molecular formula is C17H15FN2. The van der Waals surface area contributed by atoms with Crippen LogP contribution < -0.4 is 5.32 Å². The predicted octanol–water partition coefficient (Wildman–Crippen LogP) is 4.03. The molecule has 0 amide bonds. The first-order valence-corrected chi connectivity index (χ1v) is 6.65. The molecule has 0 aliphatic carbocycles. The van der Waals surface area contributed by atoms with Crippen molar-refractivity contribution in [1.82, 2.24) is 4.98 Å². The zero-order valence-corrected chi connectivity index (χ0v) is 11.0. The van der Waals surface area contributed by atoms with Crippen LogP contribution in [0.2, 0.25) is 0 Å². The lowest BCUT2D eigenvalue weighted by atomic mass is 10.1. The van der Waals surface area contributed by atoms with Gasteiger partial charge in [-0.2, -0.15) is 0 Å². The summed E-state index contributed by atoms with van der Waals surface area (Å²) < 4.78 is 13.5. The highest BCUT2D eigenvalue weighted by molar-refractivity contribution is 5.90. The largest absolute Gasteiger partial charge is 0.384 e. The van der Waals surface area contributed by atoms with Crippen molar-refractivity contribution in [3.05, 3.63) is 72.2 Å². The second-order valence-electron chi connectivity index (χ2n) is 4.64. The van der Waals surface area contributed by atoms with Crippen LogP contribution in [0.4, 0.5) is 10.1 Å². The van der Waals surface area contributed by atoms with Gasteiger partial charge in [0.1, 0.15) is 5.82 Å². The maximum atomic E-state index is 13.5. The van der Waals surface area contributed by atoms with Crippen LogP contribution in [-0.4, -0.2) is 11.5 Å². The number of nitrogens with zero attached hydrogens (tertiary/aromatic N) is 1. The summed E-state index contributed by atoms with van der Waals surface area (Å²) in [6, 6.07) is 16.8. The van der Waals surface area contributed by atoms with Crippen molar-refractivity contribution in [3.8, 4) is 0 Å². The second kappa shape index (κ2) is 5.70. The Labute approximate surface area is 117 Å². The molecule has 2 nitrogen and oxygen atoms in total. The van der Waals surface area contributed by atoms with Crippen molar-refractivity contribution in [2.45, 2.75) is 6.42 Å². The van der Waals surface area contributed by atoms with Crippen molar-refractivity contribution in [2.75, 3.05) is 11.9 Å². The minimum absolute atomic E-state index is 0.145. The normalized spacial score (nSPS) is 10.7. The lowest BCUT2D eigenvalue weighted by Crippen LogP contribution is -2.06. The van der Waals surface area contributed by atoms with Gasteiger partial charge in [0.05, 0.1) is 5.52 Å². The Morgan fingerprint density at radius 2 is 1.75 bits per heavy atom. The lowest BCUT2D eigenvalue weighted by molar-refractivity contribution is 0.610. The monoisotopic (exact) mass is 266 g/mol. The van der Waals surface area contributed by atoms with Gasteiger partial charge in [0, 0.05) is 23.8 Å². The number of halogens is 1. The molecule has 0 aliphatic rings. The zero-order chi connectivity index (χ0) is 13.8. The molecule has 0 aliphatic heterocycles. The molecule has 2 aromatic carbocycles. The average Bonchev–Trinajstić information content (AvgIpc) is 2.49. The van der Waals surface area contributed by atoms with Crippen molar-refractivity contribution in [1.29, 1.82) is 0 Å². The van der Waals surface area contributed by atoms with Crippen LogP contribution in [0.15, 0.2) is 60.8 Å². The molecular weight excluding hydrogens is 251 g/mol. The SMILES string of the molecule is Fc1ccccc1CCNc1ccnc2ccccc12. The fraction of sp³-hybridized carbons (Fsp3) is 0.118. The van der Waals surface area contributed by atoms with Crippen LogP contribution >= 0.6 is 0 Å². The van der Waals surface area contributed by atoms with Crippen LogP contribution in [0, 0.1) is 5.82 Å². The van der Waals surface area contributed by atoms with E-state index in [1.54, 1.807) is 12.3 Å². The Balaban J connectivity index is 1.73. The first kappa shape index (κ1) is 12.6. The molecule has 1 aromatic heterocycles. The molecule has 0 fully saturated rings. The van der Waals surface area contributed by atoms with Crippen LogP contribution in [-0.2, 0) is 6.42 Å². The summed E-state index contributed by atoms with van der Waals surface area (Å²) in [5, 5.41) is 4.44. The zero-order valence-electron chi connectivity index (χ0n) is 11.0. The van der Waals surface area contributed by atoms with E-state index < -0.39 is 0 Å². The summed E-state index contributed by atoms with van der Waals surface area (Å²) >= 11 is 0. The van der Waals surface area contributed by atoms with E-state index >= 15 is 0 Å². The Morgan fingerprint density at radius 3 is 2.65 bits per heavy atom. The fourth-order valence-corrected chi connectivity index (χ4v) is 2.28. The van der Waals surface area contributed by atoms with Crippen molar-refractivity contribution in [2.24, 2.45) is 0 Å². The number of hydrogen-bond acceptors (Lipinski definition) is 2. The third-order valence-electron chi connectivity index (χ3n) is 3.32. The van der Waals surface area contributed by atoms with Crippen molar-refractivity contribution >= 4 is 16.6 Å². The molecule has 3 aromatic rings. The first-order valence-electron chi connectivity index (χ1n) is 6.65. The minimum Gasteiger partial charge on any atom is -0.384 e. The van der Waals surface area contributed by atoms with Crippen LogP contribution in [0.25, 0.3) is 10.9 Å². The van der Waals surface area contributed by atoms with Gasteiger partial charge in [-0.25, -0.2) is 4.39 Å². The molecule has 0 atom stereocenters. The van der Waals surface area contributed by atoms with Crippen LogP contribution in [0.5, 0.6) is 0 Å². The first-order chi connectivity index (χ1) is 9.84. The molecule has 1 N–H and O–H groups in total. The average molecular weight is 266 g/mol. The number of anilines is 1. The maximum absolute atomic E-state index is 13.5. The third-order valence-corrected chi connectivity index (χ3v) is 3.32. The number of benzene rings is 2. The van der Waals surface area contributed by atoms with Gasteiger partial charge in [-0.1, -0.05) is 36.4 Å². The third kappa shape index (κ3) is 2.62. The summed E-state index contributed by atoms with van der Waals surface area (Å²) in [4.78, 5) is 4.32. The molecule has 0 radical (unpaired) electrons. The highest BCUT2D eigenvalue weighted by atomic mass is 19.1. The molecule has 0 saturated heterocycles. The van der Waals surface area contributed by atoms with E-state index in [0.29, 0.717) is 13.0 Å². The van der Waals surface area contributed by atoms with Crippen molar-refractivity contribution < 1.29 is 4.39 Å². The molecule has 100 valence electrons. The number of hydrogen-bond donors (Lipinski definition) is 1. The molecule has 0 bridgehead atoms. The van der Waals surface area contributed by atoms with Gasteiger partial charge in [-0.05, 0) is 30.2 Å². The number of fused-ring (bicyclic) bond motifs is 1. The summed E-state index contributed by atoms with van der Waals surface area (Å²) in [6.07, 6.45) is 2.44. The van der Waals surface area contributed by atoms with Gasteiger partial charge in [0.2, 0.25) is 0 Å². The highest BCUT2D eigenvalue weighted by Gasteiger charge is 2.02. The van der Waals surface area contributed by atoms with E-state index in [0.717, 1.165) is 22.2 Å². The Bertz CT molecular complexity index is 720. The second-order valence-corrected chi connectivity index (χ2v) is 4.64. The summed E-state index contributed by atoms with van der Waals surface area (Å²) in [7, 11) is 0. The van der Waals surface area contributed by atoms with E-state index in [1.165, 1.54) is 6.07 Å². The topological polar surface area (TPSA) is 24.9 Å². The standard InChI is InChI=1S/C17H15FN2/c18-15-7-3-1-5-13(15)9-11-19-17-10-12-20-16-8-4-2-6-14(16)17/h1-8,10,12H,9,11H2,(H,19,20). The summed E-state index contributed by atoms with van der Waals surface area (Å²) in [5.74, 6) is -0.145. The van der Waals surface area contributed by atoms with Gasteiger partial charge in [-0.15, -0.1) is 0 Å². The van der Waals surface area contributed by atoms with E-state index in [-0.39, 0.29) is 5.82 Å². The van der Waals surface area contributed by atoms with E-state index in [4.69, 9.17) is 0 Å². The van der Waals surface area contributed by atoms with Gasteiger partial charge < -0.3 is 5.32 Å². The molecule has 0 unspecified atom stereocenters. The quantitative estimate of drug-likeness (QED) is 0.771. The number of aromatic nitrogens is 1. The van der Waals surface area contributed by atoms with E-state index in [9.17, 15) is 4.39 Å². The molecule has 3 rings (SSSR count). The highest BCUT2D eigenvalue weighted by Crippen LogP contribution is 2.20. The number of para-hydroxylation sites is 1. The van der Waals surface area contributed by atoms with E-state index in [1.807, 2.05) is 42.5 Å². The Hall–Kier alpha value is -2.42. The minimum atomic E-state index is -0.145. The van der Waals surface area contributed by atoms with Gasteiger partial charge in [0.15, 0.2) is 0 Å². The van der Waals surface area contributed by atoms with Gasteiger partial charge in [0.25, 0.3) is 0 Å². The molecule has 20 heavy (non-hydrogen) atoms. The number of rotatable bonds is 4. The number of pyridine rings is 1.